The van der Waals surface area contributed by atoms with Crippen molar-refractivity contribution in [2.45, 2.75) is 18.7 Å². The van der Waals surface area contributed by atoms with Gasteiger partial charge in [-0.3, -0.25) is 4.98 Å². The third-order valence-corrected chi connectivity index (χ3v) is 5.28. The highest BCUT2D eigenvalue weighted by Crippen LogP contribution is 2.24. The molecular formula is C18H19N3O3S. The van der Waals surface area contributed by atoms with Crippen LogP contribution in [0.5, 0.6) is 5.88 Å². The zero-order valence-corrected chi connectivity index (χ0v) is 14.8. The van der Waals surface area contributed by atoms with Crippen LogP contribution in [0.4, 0.5) is 0 Å². The molecule has 1 aromatic carbocycles. The Kier molecular flexibility index (Phi) is 4.96. The van der Waals surface area contributed by atoms with E-state index in [4.69, 9.17) is 4.74 Å². The van der Waals surface area contributed by atoms with Crippen molar-refractivity contribution in [3.8, 4) is 5.88 Å². The molecule has 25 heavy (non-hydrogen) atoms. The lowest BCUT2D eigenvalue weighted by molar-refractivity contribution is 0.388. The Morgan fingerprint density at radius 3 is 2.60 bits per heavy atom. The van der Waals surface area contributed by atoms with Crippen molar-refractivity contribution in [1.29, 1.82) is 0 Å². The molecule has 0 spiro atoms. The van der Waals surface area contributed by atoms with Gasteiger partial charge in [-0.2, -0.15) is 0 Å². The molecule has 1 unspecified atom stereocenters. The molecule has 1 atom stereocenters. The zero-order valence-electron chi connectivity index (χ0n) is 14.0. The number of hydrogen-bond acceptors (Lipinski definition) is 5. The average Bonchev–Trinajstić information content (AvgIpc) is 2.61. The van der Waals surface area contributed by atoms with Crippen LogP contribution in [-0.4, -0.2) is 25.5 Å². The summed E-state index contributed by atoms with van der Waals surface area (Å²) in [6, 6.07) is 12.3. The topological polar surface area (TPSA) is 81.2 Å². The van der Waals surface area contributed by atoms with Gasteiger partial charge in [0.15, 0.2) is 0 Å². The monoisotopic (exact) mass is 357 g/mol. The molecule has 3 aromatic rings. The molecule has 0 fully saturated rings. The predicted octanol–water partition coefficient (Wildman–Crippen LogP) is 2.82. The second-order valence-electron chi connectivity index (χ2n) is 5.69. The number of sulfonamides is 1. The molecule has 2 heterocycles. The van der Waals surface area contributed by atoms with Crippen LogP contribution < -0.4 is 9.46 Å². The second kappa shape index (κ2) is 7.16. The molecule has 2 aromatic heterocycles. The highest BCUT2D eigenvalue weighted by molar-refractivity contribution is 7.88. The Morgan fingerprint density at radius 2 is 1.80 bits per heavy atom. The van der Waals surface area contributed by atoms with Gasteiger partial charge < -0.3 is 4.74 Å². The van der Waals surface area contributed by atoms with Gasteiger partial charge in [0.05, 0.1) is 18.4 Å². The SMILES string of the molecule is COc1ncccc1C(C)NS(=O)(=O)Cc1cccc2cccnc12. The maximum Gasteiger partial charge on any atom is 0.217 e. The average molecular weight is 357 g/mol. The van der Waals surface area contributed by atoms with Crippen LogP contribution in [0.2, 0.25) is 0 Å². The number of benzene rings is 1. The van der Waals surface area contributed by atoms with Gasteiger partial charge in [-0.1, -0.05) is 30.3 Å². The Morgan fingerprint density at radius 1 is 1.08 bits per heavy atom. The van der Waals surface area contributed by atoms with Crippen molar-refractivity contribution in [1.82, 2.24) is 14.7 Å². The molecule has 130 valence electrons. The van der Waals surface area contributed by atoms with Crippen LogP contribution in [0.15, 0.2) is 54.9 Å². The first-order valence-electron chi connectivity index (χ1n) is 7.82. The van der Waals surface area contributed by atoms with Crippen LogP contribution in [0, 0.1) is 0 Å². The van der Waals surface area contributed by atoms with E-state index in [1.807, 2.05) is 24.3 Å². The van der Waals surface area contributed by atoms with Crippen LogP contribution >= 0.6 is 0 Å². The molecule has 0 amide bonds. The smallest absolute Gasteiger partial charge is 0.217 e. The quantitative estimate of drug-likeness (QED) is 0.734. The Bertz CT molecular complexity index is 984. The number of nitrogens with one attached hydrogen (secondary N) is 1. The summed E-state index contributed by atoms with van der Waals surface area (Å²) in [6.45, 7) is 1.76. The third-order valence-electron chi connectivity index (χ3n) is 3.88. The number of para-hydroxylation sites is 1. The molecule has 6 nitrogen and oxygen atoms in total. The lowest BCUT2D eigenvalue weighted by Crippen LogP contribution is -2.28. The number of nitrogens with zero attached hydrogens (tertiary/aromatic N) is 2. The van der Waals surface area contributed by atoms with Gasteiger partial charge in [0.2, 0.25) is 15.9 Å². The standard InChI is InChI=1S/C18H19N3O3S/c1-13(16-9-5-11-20-18(16)24-2)21-25(22,23)12-15-7-3-6-14-8-4-10-19-17(14)15/h3-11,13,21H,12H2,1-2H3. The minimum Gasteiger partial charge on any atom is -0.481 e. The fourth-order valence-corrected chi connectivity index (χ4v) is 4.16. The summed E-state index contributed by atoms with van der Waals surface area (Å²) >= 11 is 0. The normalized spacial score (nSPS) is 12.9. The predicted molar refractivity (Wildman–Crippen MR) is 96.7 cm³/mol. The number of aromatic nitrogens is 2. The summed E-state index contributed by atoms with van der Waals surface area (Å²) in [7, 11) is -2.06. The molecule has 0 aliphatic heterocycles. The van der Waals surface area contributed by atoms with Crippen LogP contribution in [0.1, 0.15) is 24.1 Å². The fourth-order valence-electron chi connectivity index (χ4n) is 2.77. The molecule has 1 N–H and O–H groups in total. The minimum absolute atomic E-state index is 0.145. The summed E-state index contributed by atoms with van der Waals surface area (Å²) in [5.41, 5.74) is 2.04. The van der Waals surface area contributed by atoms with E-state index < -0.39 is 16.1 Å². The van der Waals surface area contributed by atoms with Gasteiger partial charge in [0.1, 0.15) is 0 Å². The van der Waals surface area contributed by atoms with E-state index in [-0.39, 0.29) is 5.75 Å². The number of fused-ring (bicyclic) bond motifs is 1. The molecule has 0 aliphatic rings. The first kappa shape index (κ1) is 17.3. The van der Waals surface area contributed by atoms with E-state index in [9.17, 15) is 8.42 Å². The number of pyridine rings is 2. The van der Waals surface area contributed by atoms with Gasteiger partial charge in [-0.05, 0) is 24.6 Å². The lowest BCUT2D eigenvalue weighted by Gasteiger charge is -2.17. The summed E-state index contributed by atoms with van der Waals surface area (Å²) in [4.78, 5) is 8.41. The van der Waals surface area contributed by atoms with E-state index in [0.717, 1.165) is 5.39 Å². The Hall–Kier alpha value is -2.51. The highest BCUT2D eigenvalue weighted by Gasteiger charge is 2.20. The van der Waals surface area contributed by atoms with Crippen LogP contribution in [0.25, 0.3) is 10.9 Å². The molecule has 0 aliphatic carbocycles. The first-order chi connectivity index (χ1) is 12.0. The number of hydrogen-bond donors (Lipinski definition) is 1. The Balaban J connectivity index is 1.84. The third kappa shape index (κ3) is 3.94. The maximum atomic E-state index is 12.6. The van der Waals surface area contributed by atoms with Crippen molar-refractivity contribution in [2.24, 2.45) is 0 Å². The minimum atomic E-state index is -3.57. The van der Waals surface area contributed by atoms with E-state index in [0.29, 0.717) is 22.5 Å². The number of rotatable bonds is 6. The molecule has 7 heteroatoms. The maximum absolute atomic E-state index is 12.6. The second-order valence-corrected chi connectivity index (χ2v) is 7.45. The van der Waals surface area contributed by atoms with E-state index in [1.54, 1.807) is 37.5 Å². The zero-order chi connectivity index (χ0) is 17.9. The van der Waals surface area contributed by atoms with E-state index >= 15 is 0 Å². The van der Waals surface area contributed by atoms with Crippen LogP contribution in [-0.2, 0) is 15.8 Å². The number of ether oxygens (including phenoxy) is 1. The molecule has 0 saturated carbocycles. The van der Waals surface area contributed by atoms with Crippen molar-refractivity contribution < 1.29 is 13.2 Å². The van der Waals surface area contributed by atoms with Crippen molar-refractivity contribution in [3.05, 3.63) is 66.0 Å². The van der Waals surface area contributed by atoms with Crippen molar-refractivity contribution >= 4 is 20.9 Å². The first-order valence-corrected chi connectivity index (χ1v) is 9.47. The largest absolute Gasteiger partial charge is 0.481 e. The van der Waals surface area contributed by atoms with Crippen LogP contribution in [0.3, 0.4) is 0 Å². The van der Waals surface area contributed by atoms with E-state index in [2.05, 4.69) is 14.7 Å². The Labute approximate surface area is 146 Å². The highest BCUT2D eigenvalue weighted by atomic mass is 32.2. The van der Waals surface area contributed by atoms with Gasteiger partial charge >= 0.3 is 0 Å². The van der Waals surface area contributed by atoms with Crippen molar-refractivity contribution in [2.75, 3.05) is 7.11 Å². The van der Waals surface area contributed by atoms with Gasteiger partial charge in [0.25, 0.3) is 0 Å². The molecule has 0 radical (unpaired) electrons. The van der Waals surface area contributed by atoms with Gasteiger partial charge in [0, 0.05) is 29.4 Å². The fraction of sp³-hybridized carbons (Fsp3) is 0.222. The van der Waals surface area contributed by atoms with E-state index in [1.165, 1.54) is 7.11 Å². The van der Waals surface area contributed by atoms with Crippen molar-refractivity contribution in [3.63, 3.8) is 0 Å². The van der Waals surface area contributed by atoms with Gasteiger partial charge in [-0.15, -0.1) is 0 Å². The molecule has 0 saturated heterocycles. The summed E-state index contributed by atoms with van der Waals surface area (Å²) in [6.07, 6.45) is 3.26. The summed E-state index contributed by atoms with van der Waals surface area (Å²) < 4.78 is 33.1. The molecule has 0 bridgehead atoms. The summed E-state index contributed by atoms with van der Waals surface area (Å²) in [5.74, 6) is 0.262. The lowest BCUT2D eigenvalue weighted by atomic mass is 10.1. The summed E-state index contributed by atoms with van der Waals surface area (Å²) in [5, 5.41) is 0.914. The number of methoxy groups -OCH3 is 1. The van der Waals surface area contributed by atoms with Gasteiger partial charge in [-0.25, -0.2) is 18.1 Å². The molecular weight excluding hydrogens is 338 g/mol. The molecule has 3 rings (SSSR count).